The highest BCUT2D eigenvalue weighted by molar-refractivity contribution is 7.13. The number of nitrogens with zero attached hydrogens (tertiary/aromatic N) is 2. The number of rotatable bonds is 5. The molecule has 2 aromatic rings. The fourth-order valence-electron chi connectivity index (χ4n) is 1.64. The first-order valence-corrected chi connectivity index (χ1v) is 7.03. The van der Waals surface area contributed by atoms with Crippen molar-refractivity contribution >= 4 is 29.2 Å². The summed E-state index contributed by atoms with van der Waals surface area (Å²) in [6, 6.07) is 4.85. The molecule has 0 aliphatic rings. The zero-order valence-electron chi connectivity index (χ0n) is 11.3. The maximum atomic E-state index is 11.6. The van der Waals surface area contributed by atoms with E-state index in [0.29, 0.717) is 29.5 Å². The van der Waals surface area contributed by atoms with Crippen LogP contribution in [0, 0.1) is 6.92 Å². The molecule has 2 rings (SSSR count). The van der Waals surface area contributed by atoms with Crippen LogP contribution in [-0.2, 0) is 6.42 Å². The van der Waals surface area contributed by atoms with E-state index in [1.165, 1.54) is 0 Å². The normalized spacial score (nSPS) is 10.1. The third-order valence-electron chi connectivity index (χ3n) is 2.57. The molecule has 110 valence electrons. The van der Waals surface area contributed by atoms with E-state index in [1.54, 1.807) is 31.3 Å². The Morgan fingerprint density at radius 3 is 2.81 bits per heavy atom. The molecular formula is C13H14N4O3S. The van der Waals surface area contributed by atoms with Crippen LogP contribution in [0.2, 0.25) is 0 Å². The fourth-order valence-corrected chi connectivity index (χ4v) is 2.54. The molecular weight excluding hydrogens is 292 g/mol. The van der Waals surface area contributed by atoms with Crippen molar-refractivity contribution in [1.29, 1.82) is 0 Å². The number of carboxylic acids is 1. The molecule has 2 aromatic heterocycles. The second-order valence-corrected chi connectivity index (χ2v) is 5.26. The van der Waals surface area contributed by atoms with Crippen molar-refractivity contribution in [3.8, 4) is 0 Å². The Labute approximate surface area is 125 Å². The van der Waals surface area contributed by atoms with E-state index in [9.17, 15) is 9.59 Å². The molecule has 21 heavy (non-hydrogen) atoms. The maximum Gasteiger partial charge on any atom is 0.347 e. The van der Waals surface area contributed by atoms with Gasteiger partial charge < -0.3 is 10.4 Å². The summed E-state index contributed by atoms with van der Waals surface area (Å²) in [6.07, 6.45) is 2.07. The summed E-state index contributed by atoms with van der Waals surface area (Å²) in [5, 5.41) is 14.9. The molecule has 0 fully saturated rings. The molecule has 0 saturated heterocycles. The van der Waals surface area contributed by atoms with Crippen LogP contribution in [0.3, 0.4) is 0 Å². The van der Waals surface area contributed by atoms with E-state index in [-0.39, 0.29) is 10.9 Å². The van der Waals surface area contributed by atoms with Gasteiger partial charge >= 0.3 is 12.0 Å². The van der Waals surface area contributed by atoms with Crippen LogP contribution in [0.15, 0.2) is 24.4 Å². The zero-order chi connectivity index (χ0) is 15.2. The number of amides is 2. The van der Waals surface area contributed by atoms with Gasteiger partial charge in [0.2, 0.25) is 0 Å². The van der Waals surface area contributed by atoms with Crippen molar-refractivity contribution in [2.24, 2.45) is 0 Å². The summed E-state index contributed by atoms with van der Waals surface area (Å²) >= 11 is 1.13. The van der Waals surface area contributed by atoms with E-state index in [4.69, 9.17) is 5.11 Å². The van der Waals surface area contributed by atoms with Gasteiger partial charge in [0.1, 0.15) is 10.7 Å². The minimum atomic E-state index is -0.975. The van der Waals surface area contributed by atoms with Gasteiger partial charge in [0.05, 0.1) is 10.7 Å². The van der Waals surface area contributed by atoms with Crippen molar-refractivity contribution in [3.63, 3.8) is 0 Å². The van der Waals surface area contributed by atoms with Gasteiger partial charge in [-0.3, -0.25) is 5.32 Å². The van der Waals surface area contributed by atoms with Gasteiger partial charge in [0, 0.05) is 19.2 Å². The number of hydrogen-bond donors (Lipinski definition) is 3. The van der Waals surface area contributed by atoms with Crippen molar-refractivity contribution in [2.45, 2.75) is 13.3 Å². The maximum absolute atomic E-state index is 11.6. The average molecular weight is 306 g/mol. The molecule has 0 aliphatic heterocycles. The SMILES string of the molecule is Cc1nc(CCNC(=O)Nc2ccccn2)sc1C(=O)O. The molecule has 2 amide bonds. The number of hydrogen-bond acceptors (Lipinski definition) is 5. The Balaban J connectivity index is 1.80. The molecule has 0 radical (unpaired) electrons. The van der Waals surface area contributed by atoms with E-state index in [2.05, 4.69) is 20.6 Å². The van der Waals surface area contributed by atoms with Gasteiger partial charge in [-0.25, -0.2) is 19.6 Å². The Bertz CT molecular complexity index is 642. The molecule has 3 N–H and O–H groups in total. The molecule has 0 aromatic carbocycles. The van der Waals surface area contributed by atoms with E-state index in [1.807, 2.05) is 0 Å². The number of urea groups is 1. The molecule has 8 heteroatoms. The van der Waals surface area contributed by atoms with Gasteiger partial charge in [0.25, 0.3) is 0 Å². The highest BCUT2D eigenvalue weighted by atomic mass is 32.1. The number of pyridine rings is 1. The van der Waals surface area contributed by atoms with Crippen LogP contribution < -0.4 is 10.6 Å². The Kier molecular flexibility index (Phi) is 4.83. The second-order valence-electron chi connectivity index (χ2n) is 4.17. The molecule has 0 spiro atoms. The standard InChI is InChI=1S/C13H14N4O3S/c1-8-11(12(18)19)21-10(16-8)5-7-15-13(20)17-9-4-2-3-6-14-9/h2-4,6H,5,7H2,1H3,(H,18,19)(H2,14,15,17,20). The van der Waals surface area contributed by atoms with E-state index >= 15 is 0 Å². The first-order chi connectivity index (χ1) is 10.1. The topological polar surface area (TPSA) is 104 Å². The monoisotopic (exact) mass is 306 g/mol. The third kappa shape index (κ3) is 4.25. The summed E-state index contributed by atoms with van der Waals surface area (Å²) in [7, 11) is 0. The highest BCUT2D eigenvalue weighted by Crippen LogP contribution is 2.18. The lowest BCUT2D eigenvalue weighted by molar-refractivity contribution is 0.0701. The first-order valence-electron chi connectivity index (χ1n) is 6.21. The predicted octanol–water partition coefficient (Wildman–Crippen LogP) is 1.91. The molecule has 0 unspecified atom stereocenters. The molecule has 2 heterocycles. The van der Waals surface area contributed by atoms with Crippen molar-refractivity contribution in [2.75, 3.05) is 11.9 Å². The highest BCUT2D eigenvalue weighted by Gasteiger charge is 2.13. The number of aromatic nitrogens is 2. The van der Waals surface area contributed by atoms with Crippen LogP contribution in [0.5, 0.6) is 0 Å². The molecule has 0 saturated carbocycles. The van der Waals surface area contributed by atoms with Crippen LogP contribution >= 0.6 is 11.3 Å². The quantitative estimate of drug-likeness (QED) is 0.782. The molecule has 0 bridgehead atoms. The van der Waals surface area contributed by atoms with Crippen LogP contribution in [-0.4, -0.2) is 33.6 Å². The van der Waals surface area contributed by atoms with Gasteiger partial charge in [0.15, 0.2) is 0 Å². The minimum Gasteiger partial charge on any atom is -0.477 e. The first kappa shape index (κ1) is 14.9. The van der Waals surface area contributed by atoms with Crippen LogP contribution in [0.4, 0.5) is 10.6 Å². The van der Waals surface area contributed by atoms with Crippen LogP contribution in [0.1, 0.15) is 20.4 Å². The average Bonchev–Trinajstić information content (AvgIpc) is 2.81. The number of anilines is 1. The number of carbonyl (C=O) groups is 2. The van der Waals surface area contributed by atoms with E-state index in [0.717, 1.165) is 11.3 Å². The number of carbonyl (C=O) groups excluding carboxylic acids is 1. The summed E-state index contributed by atoms with van der Waals surface area (Å²) in [6.45, 7) is 2.02. The lowest BCUT2D eigenvalue weighted by atomic mass is 10.4. The van der Waals surface area contributed by atoms with Crippen molar-refractivity contribution in [3.05, 3.63) is 40.0 Å². The van der Waals surface area contributed by atoms with Gasteiger partial charge in [-0.2, -0.15) is 0 Å². The van der Waals surface area contributed by atoms with Gasteiger partial charge in [-0.05, 0) is 19.1 Å². The summed E-state index contributed by atoms with van der Waals surface area (Å²) in [4.78, 5) is 30.9. The Morgan fingerprint density at radius 2 is 2.19 bits per heavy atom. The number of nitrogens with one attached hydrogen (secondary N) is 2. The third-order valence-corrected chi connectivity index (χ3v) is 3.77. The number of thiazole rings is 1. The van der Waals surface area contributed by atoms with Crippen molar-refractivity contribution in [1.82, 2.24) is 15.3 Å². The smallest absolute Gasteiger partial charge is 0.347 e. The summed E-state index contributed by atoms with van der Waals surface area (Å²) in [5.41, 5.74) is 0.500. The lowest BCUT2D eigenvalue weighted by Crippen LogP contribution is -2.30. The largest absolute Gasteiger partial charge is 0.477 e. The van der Waals surface area contributed by atoms with Crippen LogP contribution in [0.25, 0.3) is 0 Å². The number of carboxylic acid groups (broad SMARTS) is 1. The Morgan fingerprint density at radius 1 is 1.38 bits per heavy atom. The fraction of sp³-hybridized carbons (Fsp3) is 0.231. The molecule has 0 atom stereocenters. The zero-order valence-corrected chi connectivity index (χ0v) is 12.1. The molecule has 0 aliphatic carbocycles. The summed E-state index contributed by atoms with van der Waals surface area (Å²) in [5.74, 6) is -0.509. The second kappa shape index (κ2) is 6.80. The minimum absolute atomic E-state index is 0.239. The molecule has 7 nitrogen and oxygen atoms in total. The lowest BCUT2D eigenvalue weighted by Gasteiger charge is -2.05. The van der Waals surface area contributed by atoms with Crippen molar-refractivity contribution < 1.29 is 14.7 Å². The predicted molar refractivity (Wildman–Crippen MR) is 78.8 cm³/mol. The number of aromatic carboxylic acids is 1. The summed E-state index contributed by atoms with van der Waals surface area (Å²) < 4.78 is 0. The van der Waals surface area contributed by atoms with E-state index < -0.39 is 5.97 Å². The van der Waals surface area contributed by atoms with Gasteiger partial charge in [-0.15, -0.1) is 11.3 Å². The van der Waals surface area contributed by atoms with Gasteiger partial charge in [-0.1, -0.05) is 6.07 Å². The Hall–Kier alpha value is -2.48. The number of aryl methyl sites for hydroxylation is 1.